The summed E-state index contributed by atoms with van der Waals surface area (Å²) in [6, 6.07) is 10.9. The number of nitrogens with zero attached hydrogens (tertiary/aromatic N) is 2. The van der Waals surface area contributed by atoms with Crippen molar-refractivity contribution >= 4 is 5.91 Å². The van der Waals surface area contributed by atoms with E-state index in [-0.39, 0.29) is 11.1 Å². The zero-order valence-corrected chi connectivity index (χ0v) is 13.0. The molecule has 0 spiro atoms. The maximum atomic E-state index is 12.3. The monoisotopic (exact) mass is 313 g/mol. The molecule has 1 aromatic heterocycles. The van der Waals surface area contributed by atoms with Gasteiger partial charge in [-0.1, -0.05) is 18.2 Å². The predicted octanol–water partition coefficient (Wildman–Crippen LogP) is 1.31. The summed E-state index contributed by atoms with van der Waals surface area (Å²) in [5.41, 5.74) is 1.04. The minimum Gasteiger partial charge on any atom is -0.381 e. The average Bonchev–Trinajstić information content (AvgIpc) is 3.07. The lowest BCUT2D eigenvalue weighted by Gasteiger charge is -2.12. The highest BCUT2D eigenvalue weighted by Crippen LogP contribution is 2.11. The first-order valence-corrected chi connectivity index (χ1v) is 7.67. The molecule has 0 bridgehead atoms. The summed E-state index contributed by atoms with van der Waals surface area (Å²) in [7, 11) is 0. The first kappa shape index (κ1) is 15.4. The molecule has 2 heterocycles. The number of aromatic nitrogens is 2. The van der Waals surface area contributed by atoms with Crippen LogP contribution in [0.25, 0.3) is 5.69 Å². The van der Waals surface area contributed by atoms with E-state index in [1.165, 1.54) is 6.07 Å². The minimum absolute atomic E-state index is 0.0848. The molecule has 1 fully saturated rings. The highest BCUT2D eigenvalue weighted by molar-refractivity contribution is 5.92. The molecule has 1 aliphatic heterocycles. The normalized spacial score (nSPS) is 17.2. The third-order valence-electron chi connectivity index (χ3n) is 3.90. The van der Waals surface area contributed by atoms with Crippen LogP contribution in [-0.2, 0) is 4.74 Å². The number of nitrogens with one attached hydrogen (secondary N) is 1. The van der Waals surface area contributed by atoms with E-state index in [9.17, 15) is 9.59 Å². The Morgan fingerprint density at radius 3 is 2.87 bits per heavy atom. The largest absolute Gasteiger partial charge is 0.381 e. The minimum atomic E-state index is -0.438. The SMILES string of the molecule is Cc1cc(=O)c(C(=O)NCC2CCOC2)nn1-c1ccccc1. The number of benzene rings is 1. The molecule has 0 saturated carbocycles. The molecule has 1 saturated heterocycles. The molecule has 1 atom stereocenters. The molecule has 2 aromatic rings. The molecule has 1 aliphatic rings. The summed E-state index contributed by atoms with van der Waals surface area (Å²) in [4.78, 5) is 24.4. The van der Waals surface area contributed by atoms with E-state index in [2.05, 4.69) is 10.4 Å². The van der Waals surface area contributed by atoms with Gasteiger partial charge in [-0.3, -0.25) is 9.59 Å². The number of hydrogen-bond acceptors (Lipinski definition) is 4. The van der Waals surface area contributed by atoms with E-state index in [4.69, 9.17) is 4.74 Å². The van der Waals surface area contributed by atoms with Crippen LogP contribution in [-0.4, -0.2) is 35.4 Å². The highest BCUT2D eigenvalue weighted by atomic mass is 16.5. The Hall–Kier alpha value is -2.47. The number of aryl methyl sites for hydroxylation is 1. The fraction of sp³-hybridized carbons (Fsp3) is 0.353. The number of amides is 1. The van der Waals surface area contributed by atoms with Gasteiger partial charge in [0, 0.05) is 30.8 Å². The van der Waals surface area contributed by atoms with Crippen molar-refractivity contribution in [2.45, 2.75) is 13.3 Å². The van der Waals surface area contributed by atoms with Gasteiger partial charge in [-0.05, 0) is 25.5 Å². The van der Waals surface area contributed by atoms with Crippen molar-refractivity contribution in [3.05, 3.63) is 58.0 Å². The molecule has 3 rings (SSSR count). The molecule has 1 N–H and O–H groups in total. The standard InChI is InChI=1S/C17H19N3O3/c1-12-9-15(21)16(17(22)18-10-13-7-8-23-11-13)19-20(12)14-5-3-2-4-6-14/h2-6,9,13H,7-8,10-11H2,1H3,(H,18,22). The summed E-state index contributed by atoms with van der Waals surface area (Å²) in [5.74, 6) is -0.132. The molecular formula is C17H19N3O3. The van der Waals surface area contributed by atoms with E-state index < -0.39 is 5.91 Å². The van der Waals surface area contributed by atoms with E-state index in [1.54, 1.807) is 11.6 Å². The van der Waals surface area contributed by atoms with Crippen molar-refractivity contribution in [3.63, 3.8) is 0 Å². The fourth-order valence-corrected chi connectivity index (χ4v) is 2.60. The molecule has 1 unspecified atom stereocenters. The van der Waals surface area contributed by atoms with Crippen LogP contribution in [0.2, 0.25) is 0 Å². The Bertz CT molecular complexity index is 749. The second-order valence-electron chi connectivity index (χ2n) is 5.69. The molecule has 1 amide bonds. The molecule has 23 heavy (non-hydrogen) atoms. The van der Waals surface area contributed by atoms with Crippen molar-refractivity contribution in [3.8, 4) is 5.69 Å². The van der Waals surface area contributed by atoms with Gasteiger partial charge in [0.1, 0.15) is 0 Å². The van der Waals surface area contributed by atoms with Crippen LogP contribution in [0.4, 0.5) is 0 Å². The summed E-state index contributed by atoms with van der Waals surface area (Å²) in [6.07, 6.45) is 0.926. The second-order valence-corrected chi connectivity index (χ2v) is 5.69. The van der Waals surface area contributed by atoms with Crippen molar-refractivity contribution in [1.82, 2.24) is 15.1 Å². The van der Waals surface area contributed by atoms with Gasteiger partial charge in [0.05, 0.1) is 12.3 Å². The van der Waals surface area contributed by atoms with E-state index in [0.29, 0.717) is 24.8 Å². The Balaban J connectivity index is 1.84. The summed E-state index contributed by atoms with van der Waals surface area (Å²) in [5, 5.41) is 7.03. The van der Waals surface area contributed by atoms with Crippen molar-refractivity contribution in [1.29, 1.82) is 0 Å². The van der Waals surface area contributed by atoms with Crippen LogP contribution >= 0.6 is 0 Å². The Morgan fingerprint density at radius 2 is 2.17 bits per heavy atom. The lowest BCUT2D eigenvalue weighted by molar-refractivity contribution is 0.0937. The number of rotatable bonds is 4. The Kier molecular flexibility index (Phi) is 4.52. The highest BCUT2D eigenvalue weighted by Gasteiger charge is 2.19. The smallest absolute Gasteiger partial charge is 0.275 e. The van der Waals surface area contributed by atoms with Gasteiger partial charge < -0.3 is 10.1 Å². The first-order chi connectivity index (χ1) is 11.1. The maximum Gasteiger partial charge on any atom is 0.275 e. The summed E-state index contributed by atoms with van der Waals surface area (Å²) < 4.78 is 6.88. The average molecular weight is 313 g/mol. The van der Waals surface area contributed by atoms with Crippen molar-refractivity contribution in [2.24, 2.45) is 5.92 Å². The van der Waals surface area contributed by atoms with E-state index >= 15 is 0 Å². The van der Waals surface area contributed by atoms with E-state index in [1.807, 2.05) is 30.3 Å². The van der Waals surface area contributed by atoms with Gasteiger partial charge in [-0.15, -0.1) is 0 Å². The van der Waals surface area contributed by atoms with Gasteiger partial charge >= 0.3 is 0 Å². The van der Waals surface area contributed by atoms with Gasteiger partial charge in [-0.2, -0.15) is 5.10 Å². The third-order valence-corrected chi connectivity index (χ3v) is 3.90. The molecular weight excluding hydrogens is 294 g/mol. The predicted molar refractivity (Wildman–Crippen MR) is 85.8 cm³/mol. The van der Waals surface area contributed by atoms with Crippen LogP contribution in [0.5, 0.6) is 0 Å². The zero-order valence-electron chi connectivity index (χ0n) is 13.0. The third kappa shape index (κ3) is 3.48. The molecule has 1 aromatic carbocycles. The van der Waals surface area contributed by atoms with Gasteiger partial charge in [0.2, 0.25) is 5.43 Å². The zero-order chi connectivity index (χ0) is 16.2. The molecule has 6 nitrogen and oxygen atoms in total. The van der Waals surface area contributed by atoms with Crippen LogP contribution in [0.3, 0.4) is 0 Å². The topological polar surface area (TPSA) is 73.2 Å². The fourth-order valence-electron chi connectivity index (χ4n) is 2.60. The Labute approximate surface area is 134 Å². The number of carbonyl (C=O) groups excluding carboxylic acids is 1. The first-order valence-electron chi connectivity index (χ1n) is 7.67. The summed E-state index contributed by atoms with van der Waals surface area (Å²) >= 11 is 0. The van der Waals surface area contributed by atoms with Crippen LogP contribution in [0.15, 0.2) is 41.2 Å². The van der Waals surface area contributed by atoms with Gasteiger partial charge in [-0.25, -0.2) is 4.68 Å². The number of ether oxygens (including phenoxy) is 1. The Morgan fingerprint density at radius 1 is 1.39 bits per heavy atom. The van der Waals surface area contributed by atoms with Crippen LogP contribution < -0.4 is 10.7 Å². The van der Waals surface area contributed by atoms with E-state index in [0.717, 1.165) is 18.7 Å². The van der Waals surface area contributed by atoms with Crippen molar-refractivity contribution in [2.75, 3.05) is 19.8 Å². The number of para-hydroxylation sites is 1. The lowest BCUT2D eigenvalue weighted by Crippen LogP contribution is -2.35. The molecule has 0 aliphatic carbocycles. The van der Waals surface area contributed by atoms with Crippen LogP contribution in [0.1, 0.15) is 22.6 Å². The van der Waals surface area contributed by atoms with Gasteiger partial charge in [0.15, 0.2) is 5.69 Å². The molecule has 0 radical (unpaired) electrons. The maximum absolute atomic E-state index is 12.3. The quantitative estimate of drug-likeness (QED) is 0.923. The number of carbonyl (C=O) groups is 1. The van der Waals surface area contributed by atoms with Crippen molar-refractivity contribution < 1.29 is 9.53 Å². The lowest BCUT2D eigenvalue weighted by atomic mass is 10.1. The summed E-state index contributed by atoms with van der Waals surface area (Å²) in [6.45, 7) is 3.66. The van der Waals surface area contributed by atoms with Crippen LogP contribution in [0, 0.1) is 12.8 Å². The molecule has 6 heteroatoms. The number of hydrogen-bond donors (Lipinski definition) is 1. The molecule has 120 valence electrons. The second kappa shape index (κ2) is 6.75. The van der Waals surface area contributed by atoms with Gasteiger partial charge in [0.25, 0.3) is 5.91 Å².